The first-order valence-electron chi connectivity index (χ1n) is 4.43. The van der Waals surface area contributed by atoms with Crippen LogP contribution in [0.25, 0.3) is 0 Å². The van der Waals surface area contributed by atoms with Gasteiger partial charge in [0.05, 0.1) is 0 Å². The van der Waals surface area contributed by atoms with Gasteiger partial charge in [0.25, 0.3) is 0 Å². The molecule has 0 radical (unpaired) electrons. The number of rotatable bonds is 4. The normalized spacial score (nSPS) is 12.6. The second-order valence-corrected chi connectivity index (χ2v) is 5.06. The van der Waals surface area contributed by atoms with Crippen LogP contribution >= 0.6 is 31.9 Å². The summed E-state index contributed by atoms with van der Waals surface area (Å²) in [5.74, 6) is 0.269. The van der Waals surface area contributed by atoms with E-state index in [1.165, 1.54) is 0 Å². The average Bonchev–Trinajstić information content (AvgIpc) is 2.16. The Labute approximate surface area is 101 Å². The van der Waals surface area contributed by atoms with Crippen molar-refractivity contribution in [2.75, 3.05) is 18.5 Å². The van der Waals surface area contributed by atoms with E-state index in [0.29, 0.717) is 0 Å². The molecule has 0 aliphatic carbocycles. The van der Waals surface area contributed by atoms with E-state index in [2.05, 4.69) is 37.2 Å². The Morgan fingerprint density at radius 1 is 1.43 bits per heavy atom. The van der Waals surface area contributed by atoms with E-state index in [4.69, 9.17) is 5.11 Å². The highest BCUT2D eigenvalue weighted by Crippen LogP contribution is 2.26. The lowest BCUT2D eigenvalue weighted by Gasteiger charge is -2.12. The summed E-state index contributed by atoms with van der Waals surface area (Å²) in [6, 6.07) is 5.97. The highest BCUT2D eigenvalue weighted by atomic mass is 79.9. The molecule has 2 N–H and O–H groups in total. The highest BCUT2D eigenvalue weighted by molar-refractivity contribution is 9.11. The van der Waals surface area contributed by atoms with Crippen LogP contribution in [0.15, 0.2) is 27.1 Å². The van der Waals surface area contributed by atoms with Crippen LogP contribution in [-0.4, -0.2) is 18.3 Å². The van der Waals surface area contributed by atoms with Gasteiger partial charge in [-0.05, 0) is 40.0 Å². The Morgan fingerprint density at radius 2 is 2.14 bits per heavy atom. The second-order valence-electron chi connectivity index (χ2n) is 3.29. The average molecular weight is 323 g/mol. The van der Waals surface area contributed by atoms with Gasteiger partial charge in [0.1, 0.15) is 0 Å². The molecule has 0 spiro atoms. The summed E-state index contributed by atoms with van der Waals surface area (Å²) in [6.07, 6.45) is 0. The van der Waals surface area contributed by atoms with Crippen LogP contribution in [0.3, 0.4) is 0 Å². The Hall–Kier alpha value is -0.0600. The molecule has 1 unspecified atom stereocenters. The lowest BCUT2D eigenvalue weighted by Crippen LogP contribution is -2.14. The van der Waals surface area contributed by atoms with Crippen LogP contribution in [0, 0.1) is 5.92 Å². The molecule has 0 bridgehead atoms. The molecule has 0 fully saturated rings. The molecule has 0 saturated carbocycles. The first-order chi connectivity index (χ1) is 6.63. The topological polar surface area (TPSA) is 32.3 Å². The molecule has 0 aliphatic rings. The Morgan fingerprint density at radius 3 is 2.71 bits per heavy atom. The number of hydrogen-bond acceptors (Lipinski definition) is 2. The second kappa shape index (κ2) is 5.73. The van der Waals surface area contributed by atoms with E-state index >= 15 is 0 Å². The zero-order valence-electron chi connectivity index (χ0n) is 7.93. The third kappa shape index (κ3) is 3.59. The molecule has 14 heavy (non-hydrogen) atoms. The van der Waals surface area contributed by atoms with Crippen molar-refractivity contribution in [1.82, 2.24) is 0 Å². The fraction of sp³-hybridized carbons (Fsp3) is 0.400. The van der Waals surface area contributed by atoms with Gasteiger partial charge in [0.15, 0.2) is 0 Å². The smallest absolute Gasteiger partial charge is 0.0485 e. The number of halogens is 2. The van der Waals surface area contributed by atoms with E-state index in [1.807, 2.05) is 25.1 Å². The number of aliphatic hydroxyl groups is 1. The Bertz CT molecular complexity index is 304. The van der Waals surface area contributed by atoms with Crippen molar-refractivity contribution in [2.24, 2.45) is 5.92 Å². The molecule has 1 rings (SSSR count). The zero-order valence-corrected chi connectivity index (χ0v) is 11.1. The van der Waals surface area contributed by atoms with Gasteiger partial charge in [-0.3, -0.25) is 0 Å². The summed E-state index contributed by atoms with van der Waals surface area (Å²) < 4.78 is 2.07. The summed E-state index contributed by atoms with van der Waals surface area (Å²) in [6.45, 7) is 2.98. The number of hydrogen-bond donors (Lipinski definition) is 2. The minimum absolute atomic E-state index is 0.209. The van der Waals surface area contributed by atoms with Gasteiger partial charge >= 0.3 is 0 Å². The third-order valence-corrected chi connectivity index (χ3v) is 3.03. The molecule has 1 aromatic rings. The minimum atomic E-state index is 0.209. The van der Waals surface area contributed by atoms with Crippen molar-refractivity contribution in [3.8, 4) is 0 Å². The van der Waals surface area contributed by atoms with Crippen molar-refractivity contribution in [1.29, 1.82) is 0 Å². The van der Waals surface area contributed by atoms with Gasteiger partial charge in [-0.2, -0.15) is 0 Å². The summed E-state index contributed by atoms with van der Waals surface area (Å²) in [5.41, 5.74) is 1.05. The largest absolute Gasteiger partial charge is 0.396 e. The van der Waals surface area contributed by atoms with Crippen LogP contribution in [-0.2, 0) is 0 Å². The summed E-state index contributed by atoms with van der Waals surface area (Å²) in [5, 5.41) is 12.1. The molecule has 1 aromatic carbocycles. The van der Waals surface area contributed by atoms with E-state index in [1.54, 1.807) is 0 Å². The number of aliphatic hydroxyl groups excluding tert-OH is 1. The molecule has 0 saturated heterocycles. The minimum Gasteiger partial charge on any atom is -0.396 e. The molecule has 78 valence electrons. The maximum atomic E-state index is 8.87. The molecule has 0 amide bonds. The van der Waals surface area contributed by atoms with Gasteiger partial charge in [-0.15, -0.1) is 0 Å². The molecule has 1 atom stereocenters. The summed E-state index contributed by atoms with van der Waals surface area (Å²) in [7, 11) is 0. The predicted molar refractivity (Wildman–Crippen MR) is 66.6 cm³/mol. The van der Waals surface area contributed by atoms with Crippen molar-refractivity contribution in [3.05, 3.63) is 27.1 Å². The van der Waals surface area contributed by atoms with E-state index in [-0.39, 0.29) is 12.5 Å². The predicted octanol–water partition coefficient (Wildman–Crippen LogP) is 3.25. The summed E-state index contributed by atoms with van der Waals surface area (Å²) >= 11 is 6.86. The van der Waals surface area contributed by atoms with E-state index < -0.39 is 0 Å². The van der Waals surface area contributed by atoms with Crippen LogP contribution in [0.4, 0.5) is 5.69 Å². The van der Waals surface area contributed by atoms with Crippen molar-refractivity contribution in [2.45, 2.75) is 6.92 Å². The van der Waals surface area contributed by atoms with Gasteiger partial charge in [0, 0.05) is 27.8 Å². The number of benzene rings is 1. The van der Waals surface area contributed by atoms with Crippen LogP contribution in [0.5, 0.6) is 0 Å². The monoisotopic (exact) mass is 321 g/mol. The van der Waals surface area contributed by atoms with E-state index in [9.17, 15) is 0 Å². The van der Waals surface area contributed by atoms with Gasteiger partial charge in [-0.25, -0.2) is 0 Å². The zero-order chi connectivity index (χ0) is 10.6. The molecular formula is C10H13Br2NO. The van der Waals surface area contributed by atoms with Crippen molar-refractivity contribution >= 4 is 37.5 Å². The molecule has 0 heterocycles. The number of anilines is 1. The first-order valence-corrected chi connectivity index (χ1v) is 6.02. The Balaban J connectivity index is 2.59. The molecule has 4 heteroatoms. The fourth-order valence-corrected chi connectivity index (χ4v) is 2.17. The Kier molecular flexibility index (Phi) is 4.92. The van der Waals surface area contributed by atoms with Crippen molar-refractivity contribution < 1.29 is 5.11 Å². The SMILES string of the molecule is CC(CO)CNc1ccc(Br)cc1Br. The van der Waals surface area contributed by atoms with Gasteiger partial charge < -0.3 is 10.4 Å². The maximum Gasteiger partial charge on any atom is 0.0485 e. The maximum absolute atomic E-state index is 8.87. The fourth-order valence-electron chi connectivity index (χ4n) is 0.982. The lowest BCUT2D eigenvalue weighted by atomic mass is 10.2. The standard InChI is InChI=1S/C10H13Br2NO/c1-7(6-14)5-13-10-3-2-8(11)4-9(10)12/h2-4,7,13-14H,5-6H2,1H3. The third-order valence-electron chi connectivity index (χ3n) is 1.88. The van der Waals surface area contributed by atoms with Crippen LogP contribution in [0.2, 0.25) is 0 Å². The molecule has 2 nitrogen and oxygen atoms in total. The summed E-state index contributed by atoms with van der Waals surface area (Å²) in [4.78, 5) is 0. The highest BCUT2D eigenvalue weighted by Gasteiger charge is 2.02. The lowest BCUT2D eigenvalue weighted by molar-refractivity contribution is 0.244. The quantitative estimate of drug-likeness (QED) is 0.892. The first kappa shape index (κ1) is 12.0. The van der Waals surface area contributed by atoms with Gasteiger partial charge in [0.2, 0.25) is 0 Å². The molecule has 0 aliphatic heterocycles. The van der Waals surface area contributed by atoms with Crippen LogP contribution in [0.1, 0.15) is 6.92 Å². The van der Waals surface area contributed by atoms with Crippen LogP contribution < -0.4 is 5.32 Å². The molecular weight excluding hydrogens is 310 g/mol. The molecule has 0 aromatic heterocycles. The van der Waals surface area contributed by atoms with Gasteiger partial charge in [-0.1, -0.05) is 22.9 Å². The number of nitrogens with one attached hydrogen (secondary N) is 1. The van der Waals surface area contributed by atoms with Crippen molar-refractivity contribution in [3.63, 3.8) is 0 Å². The van der Waals surface area contributed by atoms with E-state index in [0.717, 1.165) is 21.2 Å².